The predicted molar refractivity (Wildman–Crippen MR) is 99.9 cm³/mol. The number of amides is 1. The summed E-state index contributed by atoms with van der Waals surface area (Å²) in [5.74, 6) is 0.0443. The van der Waals surface area contributed by atoms with E-state index in [1.165, 1.54) is 0 Å². The second-order valence-electron chi connectivity index (χ2n) is 6.68. The summed E-state index contributed by atoms with van der Waals surface area (Å²) in [5, 5.41) is 0.991. The van der Waals surface area contributed by atoms with Gasteiger partial charge in [-0.15, -0.1) is 0 Å². The number of carbonyl (C=O) groups is 1. The normalized spacial score (nSPS) is 17.2. The maximum absolute atomic E-state index is 13.2. The van der Waals surface area contributed by atoms with Crippen LogP contribution in [-0.2, 0) is 0 Å². The van der Waals surface area contributed by atoms with Crippen molar-refractivity contribution in [2.75, 3.05) is 6.54 Å². The number of imidazole rings is 1. The Labute approximate surface area is 150 Å². The summed E-state index contributed by atoms with van der Waals surface area (Å²) in [7, 11) is 0. The second kappa shape index (κ2) is 5.95. The molecule has 0 spiro atoms. The molecule has 0 unspecified atom stereocenters. The first-order chi connectivity index (χ1) is 12.8. The average Bonchev–Trinajstić information content (AvgIpc) is 3.36. The van der Waals surface area contributed by atoms with Gasteiger partial charge in [-0.2, -0.15) is 0 Å². The van der Waals surface area contributed by atoms with Gasteiger partial charge in [0.2, 0.25) is 0 Å². The molecule has 0 saturated carbocycles. The van der Waals surface area contributed by atoms with E-state index in [0.717, 1.165) is 41.6 Å². The van der Waals surface area contributed by atoms with Gasteiger partial charge in [0.25, 0.3) is 5.91 Å². The largest absolute Gasteiger partial charge is 0.330 e. The average molecular weight is 342 g/mol. The molecule has 0 bridgehead atoms. The van der Waals surface area contributed by atoms with E-state index in [9.17, 15) is 4.79 Å². The van der Waals surface area contributed by atoms with Crippen LogP contribution in [-0.4, -0.2) is 31.7 Å². The van der Waals surface area contributed by atoms with E-state index in [1.807, 2.05) is 53.6 Å². The van der Waals surface area contributed by atoms with Gasteiger partial charge in [-0.25, -0.2) is 4.98 Å². The smallest absolute Gasteiger partial charge is 0.256 e. The third kappa shape index (κ3) is 2.36. The van der Waals surface area contributed by atoms with E-state index in [-0.39, 0.29) is 11.9 Å². The lowest BCUT2D eigenvalue weighted by Gasteiger charge is -2.26. The number of rotatable bonds is 2. The van der Waals surface area contributed by atoms with Crippen LogP contribution in [0.3, 0.4) is 0 Å². The zero-order chi connectivity index (χ0) is 17.5. The lowest BCUT2D eigenvalue weighted by atomic mass is 10.1. The van der Waals surface area contributed by atoms with Gasteiger partial charge in [0.15, 0.2) is 0 Å². The van der Waals surface area contributed by atoms with E-state index in [1.54, 1.807) is 12.4 Å². The van der Waals surface area contributed by atoms with Crippen molar-refractivity contribution in [2.24, 2.45) is 0 Å². The fraction of sp³-hybridized carbons (Fsp3) is 0.190. The van der Waals surface area contributed by atoms with Gasteiger partial charge in [0.05, 0.1) is 17.1 Å². The summed E-state index contributed by atoms with van der Waals surface area (Å²) in [4.78, 5) is 24.0. The Morgan fingerprint density at radius 2 is 2.00 bits per heavy atom. The van der Waals surface area contributed by atoms with Crippen LogP contribution >= 0.6 is 0 Å². The first-order valence-electron chi connectivity index (χ1n) is 8.89. The number of hydrogen-bond donors (Lipinski definition) is 0. The standard InChI is InChI=1S/C21H18N4O/c26-21(16-13-15-5-1-2-6-17(15)23-14-16)25-11-4-8-19(25)18-7-3-9-20-22-10-12-24(18)20/h1-3,5-7,9-10,12-14,19H,4,8,11H2/t19-/m1/s1. The Bertz CT molecular complexity index is 1120. The number of nitrogens with zero attached hydrogens (tertiary/aromatic N) is 4. The van der Waals surface area contributed by atoms with Crippen molar-refractivity contribution in [2.45, 2.75) is 18.9 Å². The highest BCUT2D eigenvalue weighted by atomic mass is 16.2. The first-order valence-corrected chi connectivity index (χ1v) is 8.89. The molecule has 1 atom stereocenters. The molecule has 1 aromatic carbocycles. The number of carbonyl (C=O) groups excluding carboxylic acids is 1. The maximum atomic E-state index is 13.2. The molecule has 5 nitrogen and oxygen atoms in total. The van der Waals surface area contributed by atoms with E-state index >= 15 is 0 Å². The van der Waals surface area contributed by atoms with Gasteiger partial charge in [0, 0.05) is 36.2 Å². The minimum atomic E-state index is 0.0443. The number of benzene rings is 1. The summed E-state index contributed by atoms with van der Waals surface area (Å²) < 4.78 is 2.08. The highest BCUT2D eigenvalue weighted by Crippen LogP contribution is 2.33. The van der Waals surface area contributed by atoms with Crippen molar-refractivity contribution in [3.8, 4) is 0 Å². The number of aromatic nitrogens is 3. The van der Waals surface area contributed by atoms with Crippen LogP contribution in [0.2, 0.25) is 0 Å². The van der Waals surface area contributed by atoms with E-state index in [4.69, 9.17) is 0 Å². The van der Waals surface area contributed by atoms with Gasteiger partial charge in [-0.3, -0.25) is 9.78 Å². The second-order valence-corrected chi connectivity index (χ2v) is 6.68. The number of pyridine rings is 2. The summed E-state index contributed by atoms with van der Waals surface area (Å²) in [6.45, 7) is 0.765. The minimum absolute atomic E-state index is 0.0443. The van der Waals surface area contributed by atoms with E-state index in [0.29, 0.717) is 5.56 Å². The third-order valence-electron chi connectivity index (χ3n) is 5.15. The van der Waals surface area contributed by atoms with Crippen LogP contribution in [0.1, 0.15) is 34.9 Å². The molecule has 0 N–H and O–H groups in total. The van der Waals surface area contributed by atoms with Crippen LogP contribution in [0.15, 0.2) is 67.1 Å². The molecule has 1 fully saturated rings. The number of likely N-dealkylation sites (tertiary alicyclic amines) is 1. The molecule has 26 heavy (non-hydrogen) atoms. The monoisotopic (exact) mass is 342 g/mol. The van der Waals surface area contributed by atoms with Gasteiger partial charge in [0.1, 0.15) is 5.65 Å². The van der Waals surface area contributed by atoms with Crippen molar-refractivity contribution >= 4 is 22.5 Å². The van der Waals surface area contributed by atoms with Gasteiger partial charge in [-0.1, -0.05) is 24.3 Å². The Hall–Kier alpha value is -3.21. The molecule has 0 aliphatic carbocycles. The lowest BCUT2D eigenvalue weighted by Crippen LogP contribution is -2.31. The van der Waals surface area contributed by atoms with Crippen LogP contribution < -0.4 is 0 Å². The molecule has 1 aliphatic rings. The highest BCUT2D eigenvalue weighted by Gasteiger charge is 2.32. The molecule has 4 aromatic rings. The van der Waals surface area contributed by atoms with Gasteiger partial charge in [-0.05, 0) is 37.1 Å². The molecule has 1 aliphatic heterocycles. The molecular formula is C21H18N4O. The molecule has 0 radical (unpaired) electrons. The molecule has 4 heterocycles. The van der Waals surface area contributed by atoms with Crippen LogP contribution in [0.25, 0.3) is 16.6 Å². The quantitative estimate of drug-likeness (QED) is 0.556. The highest BCUT2D eigenvalue weighted by molar-refractivity contribution is 5.97. The summed E-state index contributed by atoms with van der Waals surface area (Å²) in [6, 6.07) is 16.0. The fourth-order valence-electron chi connectivity index (χ4n) is 3.91. The molecule has 3 aromatic heterocycles. The molecule has 1 saturated heterocycles. The molecule has 5 heteroatoms. The molecular weight excluding hydrogens is 324 g/mol. The van der Waals surface area contributed by atoms with E-state index in [2.05, 4.69) is 20.4 Å². The number of fused-ring (bicyclic) bond motifs is 2. The SMILES string of the molecule is O=C(c1cnc2ccccc2c1)N1CCC[C@@H]1c1cccc2nccn12. The van der Waals surface area contributed by atoms with Gasteiger partial charge < -0.3 is 9.30 Å². The Kier molecular flexibility index (Phi) is 3.45. The zero-order valence-corrected chi connectivity index (χ0v) is 14.2. The zero-order valence-electron chi connectivity index (χ0n) is 14.2. The van der Waals surface area contributed by atoms with Crippen molar-refractivity contribution in [3.63, 3.8) is 0 Å². The van der Waals surface area contributed by atoms with Crippen molar-refractivity contribution in [1.29, 1.82) is 0 Å². The number of para-hydroxylation sites is 1. The first kappa shape index (κ1) is 15.1. The Balaban J connectivity index is 1.53. The molecule has 128 valence electrons. The van der Waals surface area contributed by atoms with Crippen molar-refractivity contribution in [1.82, 2.24) is 19.3 Å². The third-order valence-corrected chi connectivity index (χ3v) is 5.15. The lowest BCUT2D eigenvalue weighted by molar-refractivity contribution is 0.0732. The molecule has 1 amide bonds. The van der Waals surface area contributed by atoms with Crippen molar-refractivity contribution < 1.29 is 4.79 Å². The summed E-state index contributed by atoms with van der Waals surface area (Å²) in [6.07, 6.45) is 7.42. The topological polar surface area (TPSA) is 50.5 Å². The predicted octanol–water partition coefficient (Wildman–Crippen LogP) is 3.86. The van der Waals surface area contributed by atoms with E-state index < -0.39 is 0 Å². The Morgan fingerprint density at radius 1 is 1.08 bits per heavy atom. The van der Waals surface area contributed by atoms with Crippen LogP contribution in [0.5, 0.6) is 0 Å². The van der Waals surface area contributed by atoms with Gasteiger partial charge >= 0.3 is 0 Å². The maximum Gasteiger partial charge on any atom is 0.256 e. The minimum Gasteiger partial charge on any atom is -0.330 e. The number of hydrogen-bond acceptors (Lipinski definition) is 3. The van der Waals surface area contributed by atoms with Crippen molar-refractivity contribution in [3.05, 3.63) is 78.4 Å². The Morgan fingerprint density at radius 3 is 2.96 bits per heavy atom. The summed E-state index contributed by atoms with van der Waals surface area (Å²) in [5.41, 5.74) is 3.58. The molecule has 5 rings (SSSR count). The van der Waals surface area contributed by atoms with Crippen LogP contribution in [0, 0.1) is 0 Å². The fourth-order valence-corrected chi connectivity index (χ4v) is 3.91. The summed E-state index contributed by atoms with van der Waals surface area (Å²) >= 11 is 0. The van der Waals surface area contributed by atoms with Crippen LogP contribution in [0.4, 0.5) is 0 Å².